The predicted molar refractivity (Wildman–Crippen MR) is 83.7 cm³/mol. The minimum atomic E-state index is -4.57. The lowest BCUT2D eigenvalue weighted by Crippen LogP contribution is -2.41. The summed E-state index contributed by atoms with van der Waals surface area (Å²) in [7, 11) is -1.09. The second-order valence-corrected chi connectivity index (χ2v) is 7.97. The highest BCUT2D eigenvalue weighted by molar-refractivity contribution is 6.62. The van der Waals surface area contributed by atoms with E-state index in [0.29, 0.717) is 5.69 Å². The van der Waals surface area contributed by atoms with Crippen molar-refractivity contribution in [1.82, 2.24) is 4.98 Å². The average molecular weight is 329 g/mol. The van der Waals surface area contributed by atoms with Gasteiger partial charge in [-0.3, -0.25) is 0 Å². The lowest BCUT2D eigenvalue weighted by atomic mass is 9.76. The summed E-state index contributed by atoms with van der Waals surface area (Å²) in [4.78, 5) is 3.87. The Labute approximate surface area is 135 Å². The molecule has 2 heterocycles. The molecule has 0 aromatic carbocycles. The van der Waals surface area contributed by atoms with Gasteiger partial charge in [0.2, 0.25) is 0 Å². The maximum Gasteiger partial charge on any atom is 0.497 e. The van der Waals surface area contributed by atoms with E-state index >= 15 is 0 Å². The molecule has 0 radical (unpaired) electrons. The molecular formula is C16H23BF3NO2. The monoisotopic (exact) mass is 329 g/mol. The molecule has 0 aliphatic carbocycles. The van der Waals surface area contributed by atoms with E-state index in [1.54, 1.807) is 33.8 Å². The predicted octanol–water partition coefficient (Wildman–Crippen LogP) is 3.70. The Morgan fingerprint density at radius 3 is 1.83 bits per heavy atom. The van der Waals surface area contributed by atoms with Crippen molar-refractivity contribution in [1.29, 1.82) is 0 Å². The summed E-state index contributed by atoms with van der Waals surface area (Å²) in [6.07, 6.45) is -4.57. The Morgan fingerprint density at radius 1 is 0.957 bits per heavy atom. The minimum absolute atomic E-state index is 0.0795. The number of halogens is 3. The zero-order valence-electron chi connectivity index (χ0n) is 14.6. The lowest BCUT2D eigenvalue weighted by molar-refractivity contribution is -0.140. The molecule has 0 saturated carbocycles. The fourth-order valence-corrected chi connectivity index (χ4v) is 2.27. The average Bonchev–Trinajstić information content (AvgIpc) is 2.55. The van der Waals surface area contributed by atoms with Gasteiger partial charge in [0, 0.05) is 16.6 Å². The van der Waals surface area contributed by atoms with Gasteiger partial charge in [0.15, 0.2) is 0 Å². The van der Waals surface area contributed by atoms with Crippen LogP contribution in [-0.4, -0.2) is 23.3 Å². The summed E-state index contributed by atoms with van der Waals surface area (Å²) >= 11 is 0. The maximum absolute atomic E-state index is 13.5. The highest BCUT2D eigenvalue weighted by Crippen LogP contribution is 2.38. The van der Waals surface area contributed by atoms with E-state index in [4.69, 9.17) is 9.31 Å². The Kier molecular flexibility index (Phi) is 4.14. The van der Waals surface area contributed by atoms with Gasteiger partial charge in [-0.05, 0) is 33.8 Å². The molecule has 1 saturated heterocycles. The first-order valence-electron chi connectivity index (χ1n) is 7.59. The van der Waals surface area contributed by atoms with Crippen LogP contribution in [0.4, 0.5) is 13.2 Å². The van der Waals surface area contributed by atoms with Gasteiger partial charge in [-0.2, -0.15) is 13.2 Å². The highest BCUT2D eigenvalue weighted by Gasteiger charge is 2.54. The summed E-state index contributed by atoms with van der Waals surface area (Å²) in [6.45, 7) is 12.7. The lowest BCUT2D eigenvalue weighted by Gasteiger charge is -2.32. The molecular weight excluding hydrogens is 306 g/mol. The van der Waals surface area contributed by atoms with Gasteiger partial charge in [0.25, 0.3) is 0 Å². The van der Waals surface area contributed by atoms with Crippen LogP contribution in [0, 0.1) is 0 Å². The molecule has 2 rings (SSSR count). The normalized spacial score (nSPS) is 20.9. The minimum Gasteiger partial charge on any atom is -0.399 e. The highest BCUT2D eigenvalue weighted by atomic mass is 19.4. The van der Waals surface area contributed by atoms with Crippen LogP contribution in [0.2, 0.25) is 0 Å². The largest absolute Gasteiger partial charge is 0.497 e. The molecule has 0 amide bonds. The number of hydrogen-bond donors (Lipinski definition) is 0. The van der Waals surface area contributed by atoms with E-state index in [1.165, 1.54) is 6.07 Å². The van der Waals surface area contributed by atoms with Gasteiger partial charge in [0.1, 0.15) is 5.69 Å². The van der Waals surface area contributed by atoms with E-state index < -0.39 is 35.6 Å². The molecule has 23 heavy (non-hydrogen) atoms. The van der Waals surface area contributed by atoms with Crippen molar-refractivity contribution in [3.8, 4) is 0 Å². The molecule has 1 aromatic rings. The molecule has 1 aliphatic rings. The summed E-state index contributed by atoms with van der Waals surface area (Å²) in [5.41, 5.74) is -2.53. The smallest absolute Gasteiger partial charge is 0.399 e. The number of nitrogens with zero attached hydrogens (tertiary/aromatic N) is 1. The quantitative estimate of drug-likeness (QED) is 0.736. The van der Waals surface area contributed by atoms with Crippen molar-refractivity contribution in [2.24, 2.45) is 0 Å². The number of pyridine rings is 1. The van der Waals surface area contributed by atoms with Crippen molar-refractivity contribution in [2.75, 3.05) is 0 Å². The fraction of sp³-hybridized carbons (Fsp3) is 0.688. The summed E-state index contributed by atoms with van der Waals surface area (Å²) in [6, 6.07) is 3.02. The first-order valence-corrected chi connectivity index (χ1v) is 7.59. The van der Waals surface area contributed by atoms with Gasteiger partial charge >= 0.3 is 13.3 Å². The maximum atomic E-state index is 13.5. The molecule has 0 N–H and O–H groups in total. The molecule has 3 nitrogen and oxygen atoms in total. The third-order valence-corrected chi connectivity index (χ3v) is 4.47. The molecule has 0 atom stereocenters. The van der Waals surface area contributed by atoms with Crippen LogP contribution in [0.1, 0.15) is 59.9 Å². The van der Waals surface area contributed by atoms with Crippen molar-refractivity contribution in [3.63, 3.8) is 0 Å². The topological polar surface area (TPSA) is 31.4 Å². The van der Waals surface area contributed by atoms with Crippen molar-refractivity contribution in [2.45, 2.75) is 71.3 Å². The SMILES string of the molecule is CC(C)(C)c1ccc(B2OC(C)(C)C(C)(C)O2)c(C(F)(F)F)n1. The van der Waals surface area contributed by atoms with E-state index in [2.05, 4.69) is 4.98 Å². The van der Waals surface area contributed by atoms with Gasteiger partial charge < -0.3 is 9.31 Å². The zero-order chi connectivity index (χ0) is 17.8. The number of alkyl halides is 3. The van der Waals surface area contributed by atoms with E-state index in [9.17, 15) is 13.2 Å². The zero-order valence-corrected chi connectivity index (χ0v) is 14.6. The summed E-state index contributed by atoms with van der Waals surface area (Å²) in [5.74, 6) is 0. The van der Waals surface area contributed by atoms with Crippen LogP contribution in [0.5, 0.6) is 0 Å². The van der Waals surface area contributed by atoms with Gasteiger partial charge in [-0.25, -0.2) is 4.98 Å². The van der Waals surface area contributed by atoms with Crippen molar-refractivity contribution in [3.05, 3.63) is 23.5 Å². The van der Waals surface area contributed by atoms with Crippen LogP contribution >= 0.6 is 0 Å². The molecule has 7 heteroatoms. The Bertz CT molecular complexity index is 590. The van der Waals surface area contributed by atoms with Crippen LogP contribution in [0.15, 0.2) is 12.1 Å². The molecule has 0 unspecified atom stereocenters. The summed E-state index contributed by atoms with van der Waals surface area (Å²) in [5, 5.41) is 0. The first kappa shape index (κ1) is 18.3. The Morgan fingerprint density at radius 2 is 1.43 bits per heavy atom. The third-order valence-electron chi connectivity index (χ3n) is 4.47. The number of rotatable bonds is 1. The molecule has 128 valence electrons. The molecule has 1 aliphatic heterocycles. The Balaban J connectivity index is 2.52. The van der Waals surface area contributed by atoms with Crippen molar-refractivity contribution < 1.29 is 22.5 Å². The van der Waals surface area contributed by atoms with Crippen LogP contribution in [0.3, 0.4) is 0 Å². The van der Waals surface area contributed by atoms with E-state index in [0.717, 1.165) is 0 Å². The number of aromatic nitrogens is 1. The van der Waals surface area contributed by atoms with Crippen LogP contribution in [0.25, 0.3) is 0 Å². The third kappa shape index (κ3) is 3.40. The van der Waals surface area contributed by atoms with Crippen molar-refractivity contribution >= 4 is 12.6 Å². The standard InChI is InChI=1S/C16H23BF3NO2/c1-13(2,3)11-9-8-10(12(21-11)16(18,19)20)17-22-14(4,5)15(6,7)23-17/h8-9H,1-7H3. The van der Waals surface area contributed by atoms with Gasteiger partial charge in [0.05, 0.1) is 11.2 Å². The fourth-order valence-electron chi connectivity index (χ4n) is 2.27. The van der Waals surface area contributed by atoms with E-state index in [1.807, 2.05) is 20.8 Å². The molecule has 0 bridgehead atoms. The van der Waals surface area contributed by atoms with Crippen LogP contribution < -0.4 is 5.46 Å². The molecule has 1 aromatic heterocycles. The van der Waals surface area contributed by atoms with E-state index in [-0.39, 0.29) is 5.46 Å². The second-order valence-electron chi connectivity index (χ2n) is 7.97. The first-order chi connectivity index (χ1) is 10.2. The van der Waals surface area contributed by atoms with Crippen LogP contribution in [-0.2, 0) is 20.9 Å². The molecule has 1 fully saturated rings. The van der Waals surface area contributed by atoms with Gasteiger partial charge in [-0.15, -0.1) is 0 Å². The van der Waals surface area contributed by atoms with Gasteiger partial charge in [-0.1, -0.05) is 26.8 Å². The Hall–Kier alpha value is -1.08. The second kappa shape index (κ2) is 5.21. The number of hydrogen-bond acceptors (Lipinski definition) is 3. The summed E-state index contributed by atoms with van der Waals surface area (Å²) < 4.78 is 51.9. The molecule has 0 spiro atoms.